The number of carbonyl (C=O) groups excluding carboxylic acids is 2. The van der Waals surface area contributed by atoms with Crippen molar-refractivity contribution < 1.29 is 14.3 Å². The van der Waals surface area contributed by atoms with Crippen molar-refractivity contribution in [1.29, 1.82) is 0 Å². The predicted molar refractivity (Wildman–Crippen MR) is 58.7 cm³/mol. The molecule has 0 spiro atoms. The third-order valence-electron chi connectivity index (χ3n) is 2.60. The van der Waals surface area contributed by atoms with Gasteiger partial charge >= 0.3 is 0 Å². The maximum absolute atomic E-state index is 11.6. The fourth-order valence-electron chi connectivity index (χ4n) is 1.90. The van der Waals surface area contributed by atoms with Crippen LogP contribution in [0.25, 0.3) is 0 Å². The molecule has 0 aromatic carbocycles. The largest absolute Gasteiger partial charge is 0.477 e. The van der Waals surface area contributed by atoms with E-state index in [1.165, 1.54) is 18.4 Å². The Morgan fingerprint density at radius 1 is 1.41 bits per heavy atom. The molecule has 0 atom stereocenters. The van der Waals surface area contributed by atoms with Crippen molar-refractivity contribution in [1.82, 2.24) is 9.55 Å². The molecule has 1 aromatic heterocycles. The quantitative estimate of drug-likeness (QED) is 0.645. The zero-order valence-electron chi connectivity index (χ0n) is 9.98. The maximum atomic E-state index is 11.6. The van der Waals surface area contributed by atoms with Gasteiger partial charge in [-0.2, -0.15) is 9.98 Å². The Hall–Kier alpha value is -1.98. The van der Waals surface area contributed by atoms with Gasteiger partial charge in [-0.25, -0.2) is 0 Å². The monoisotopic (exact) mass is 235 g/mol. The second-order valence-electron chi connectivity index (χ2n) is 3.86. The Balaban J connectivity index is 2.79. The van der Waals surface area contributed by atoms with Crippen molar-refractivity contribution in [3.63, 3.8) is 0 Å². The highest BCUT2D eigenvalue weighted by atomic mass is 16.5. The van der Waals surface area contributed by atoms with Crippen LogP contribution >= 0.6 is 0 Å². The first-order valence-electron chi connectivity index (χ1n) is 5.32. The number of rotatable bonds is 0. The van der Waals surface area contributed by atoms with Crippen LogP contribution in [-0.2, 0) is 11.2 Å². The number of fused-ring (bicyclic) bond motifs is 1. The minimum absolute atomic E-state index is 0.0863. The van der Waals surface area contributed by atoms with Crippen molar-refractivity contribution in [2.75, 3.05) is 6.61 Å². The second-order valence-corrected chi connectivity index (χ2v) is 3.86. The number of carbonyl (C=O) groups is 2. The van der Waals surface area contributed by atoms with Gasteiger partial charge in [0.05, 0.1) is 6.61 Å². The lowest BCUT2D eigenvalue weighted by Crippen LogP contribution is -2.32. The normalized spacial score (nSPS) is 14.4. The van der Waals surface area contributed by atoms with E-state index >= 15 is 0 Å². The van der Waals surface area contributed by atoms with Gasteiger partial charge in [0, 0.05) is 31.5 Å². The first-order chi connectivity index (χ1) is 8.00. The molecule has 0 saturated heterocycles. The molecule has 6 nitrogen and oxygen atoms in total. The Labute approximate surface area is 98.0 Å². The molecule has 1 aliphatic rings. The van der Waals surface area contributed by atoms with Gasteiger partial charge in [0.2, 0.25) is 23.3 Å². The van der Waals surface area contributed by atoms with E-state index in [1.807, 2.05) is 0 Å². The standard InChI is InChI=1S/C11H13N3O3/c1-6-9-4-5-17-10(9)13-11(12-7(2)15)14(6)8(3)16/h4-5H2,1-3H3. The Bertz CT molecular complexity index is 572. The van der Waals surface area contributed by atoms with E-state index < -0.39 is 5.91 Å². The fourth-order valence-corrected chi connectivity index (χ4v) is 1.90. The molecule has 1 amide bonds. The lowest BCUT2D eigenvalue weighted by Gasteiger charge is -2.09. The molecule has 90 valence electrons. The van der Waals surface area contributed by atoms with Gasteiger partial charge in [-0.3, -0.25) is 14.2 Å². The van der Waals surface area contributed by atoms with Gasteiger partial charge in [0.1, 0.15) is 0 Å². The van der Waals surface area contributed by atoms with E-state index in [0.717, 1.165) is 17.7 Å². The number of aromatic nitrogens is 2. The number of ether oxygens (including phenoxy) is 1. The summed E-state index contributed by atoms with van der Waals surface area (Å²) in [6.07, 6.45) is 0.724. The van der Waals surface area contributed by atoms with Crippen LogP contribution in [0, 0.1) is 6.92 Å². The third-order valence-corrected chi connectivity index (χ3v) is 2.60. The van der Waals surface area contributed by atoms with Crippen LogP contribution in [0.1, 0.15) is 29.9 Å². The summed E-state index contributed by atoms with van der Waals surface area (Å²) in [6.45, 7) is 5.08. The van der Waals surface area contributed by atoms with Gasteiger partial charge in [-0.05, 0) is 6.92 Å². The summed E-state index contributed by atoms with van der Waals surface area (Å²) in [5.41, 5.74) is 1.73. The molecule has 17 heavy (non-hydrogen) atoms. The highest BCUT2D eigenvalue weighted by Crippen LogP contribution is 2.23. The third kappa shape index (κ3) is 1.98. The van der Waals surface area contributed by atoms with Gasteiger partial charge in [0.15, 0.2) is 0 Å². The number of hydrogen-bond acceptors (Lipinski definition) is 4. The molecule has 0 saturated carbocycles. The van der Waals surface area contributed by atoms with Crippen LogP contribution in [0.3, 0.4) is 0 Å². The zero-order chi connectivity index (χ0) is 12.6. The van der Waals surface area contributed by atoms with Crippen molar-refractivity contribution in [2.24, 2.45) is 4.99 Å². The first kappa shape index (κ1) is 11.5. The summed E-state index contributed by atoms with van der Waals surface area (Å²) in [5, 5.41) is 0. The highest BCUT2D eigenvalue weighted by molar-refractivity contribution is 5.78. The minimum atomic E-state index is -0.398. The summed E-state index contributed by atoms with van der Waals surface area (Å²) in [5.74, 6) is -0.144. The summed E-state index contributed by atoms with van der Waals surface area (Å²) >= 11 is 0. The van der Waals surface area contributed by atoms with Gasteiger partial charge in [-0.15, -0.1) is 0 Å². The van der Waals surface area contributed by atoms with E-state index in [4.69, 9.17) is 4.74 Å². The molecule has 0 radical (unpaired) electrons. The first-order valence-corrected chi connectivity index (χ1v) is 5.32. The summed E-state index contributed by atoms with van der Waals surface area (Å²) in [7, 11) is 0. The molecule has 1 aliphatic heterocycles. The van der Waals surface area contributed by atoms with E-state index in [0.29, 0.717) is 12.5 Å². The summed E-state index contributed by atoms with van der Waals surface area (Å²) < 4.78 is 6.67. The number of amides is 1. The molecule has 0 bridgehead atoms. The lowest BCUT2D eigenvalue weighted by molar-refractivity contribution is -0.116. The molecule has 2 heterocycles. The molecular formula is C11H13N3O3. The SMILES string of the molecule is CC(=O)N=c1nc2c(c(C)n1C(C)=O)CCO2. The molecule has 2 rings (SSSR count). The summed E-state index contributed by atoms with van der Waals surface area (Å²) in [6, 6.07) is 0. The second kappa shape index (κ2) is 4.12. The van der Waals surface area contributed by atoms with Crippen LogP contribution in [0.4, 0.5) is 0 Å². The van der Waals surface area contributed by atoms with Gasteiger partial charge < -0.3 is 4.74 Å². The van der Waals surface area contributed by atoms with Crippen molar-refractivity contribution in [2.45, 2.75) is 27.2 Å². The Morgan fingerprint density at radius 3 is 2.71 bits per heavy atom. The molecule has 0 N–H and O–H groups in total. The predicted octanol–water partition coefficient (Wildman–Crippen LogP) is 0.234. The number of nitrogens with zero attached hydrogens (tertiary/aromatic N) is 3. The van der Waals surface area contributed by atoms with Gasteiger partial charge in [-0.1, -0.05) is 0 Å². The Kier molecular flexibility index (Phi) is 2.79. The topological polar surface area (TPSA) is 73.5 Å². The zero-order valence-corrected chi connectivity index (χ0v) is 9.98. The smallest absolute Gasteiger partial charge is 0.245 e. The van der Waals surface area contributed by atoms with E-state index in [9.17, 15) is 9.59 Å². The van der Waals surface area contributed by atoms with Crippen molar-refractivity contribution >= 4 is 11.8 Å². The average molecular weight is 235 g/mol. The van der Waals surface area contributed by atoms with E-state index in [1.54, 1.807) is 6.92 Å². The van der Waals surface area contributed by atoms with Crippen molar-refractivity contribution in [3.05, 3.63) is 16.9 Å². The van der Waals surface area contributed by atoms with Crippen LogP contribution in [-0.4, -0.2) is 28.0 Å². The lowest BCUT2D eigenvalue weighted by atomic mass is 10.2. The minimum Gasteiger partial charge on any atom is -0.477 e. The van der Waals surface area contributed by atoms with E-state index in [-0.39, 0.29) is 11.5 Å². The Morgan fingerprint density at radius 2 is 2.12 bits per heavy atom. The summed E-state index contributed by atoms with van der Waals surface area (Å²) in [4.78, 5) is 30.4. The fraction of sp³-hybridized carbons (Fsp3) is 0.455. The van der Waals surface area contributed by atoms with Crippen LogP contribution in [0.2, 0.25) is 0 Å². The molecule has 6 heteroatoms. The van der Waals surface area contributed by atoms with Gasteiger partial charge in [0.25, 0.3) is 0 Å². The van der Waals surface area contributed by atoms with Crippen LogP contribution in [0.5, 0.6) is 5.88 Å². The van der Waals surface area contributed by atoms with E-state index in [2.05, 4.69) is 9.98 Å². The van der Waals surface area contributed by atoms with Crippen LogP contribution < -0.4 is 10.4 Å². The molecule has 0 aliphatic carbocycles. The molecule has 0 fully saturated rings. The molecule has 0 unspecified atom stereocenters. The molecule has 1 aromatic rings. The average Bonchev–Trinajstić information content (AvgIpc) is 2.64. The van der Waals surface area contributed by atoms with Crippen molar-refractivity contribution in [3.8, 4) is 5.88 Å². The van der Waals surface area contributed by atoms with Crippen LogP contribution in [0.15, 0.2) is 4.99 Å². The highest BCUT2D eigenvalue weighted by Gasteiger charge is 2.21. The maximum Gasteiger partial charge on any atom is 0.245 e. The number of hydrogen-bond donors (Lipinski definition) is 0. The molecular weight excluding hydrogens is 222 g/mol.